The molecule has 0 radical (unpaired) electrons. The molecule has 0 aliphatic carbocycles. The summed E-state index contributed by atoms with van der Waals surface area (Å²) >= 11 is 0. The van der Waals surface area contributed by atoms with Crippen molar-refractivity contribution >= 4 is 16.7 Å². The van der Waals surface area contributed by atoms with E-state index in [1.165, 1.54) is 6.42 Å². The number of amides is 2. The van der Waals surface area contributed by atoms with E-state index in [-0.39, 0.29) is 16.7 Å². The lowest BCUT2D eigenvalue weighted by Gasteiger charge is -2.24. The molecule has 0 aromatic rings. The molecule has 0 unspecified atom stereocenters. The number of hydrogen-bond donors (Lipinski definition) is 0. The number of rotatable bonds is 0. The molecule has 0 spiro atoms. The Morgan fingerprint density at radius 3 is 2.33 bits per heavy atom. The van der Waals surface area contributed by atoms with Crippen molar-refractivity contribution in [3.8, 4) is 0 Å². The van der Waals surface area contributed by atoms with Crippen molar-refractivity contribution in [2.24, 2.45) is 4.36 Å². The molecule has 1 saturated heterocycles. The van der Waals surface area contributed by atoms with Gasteiger partial charge in [-0.2, -0.15) is 4.36 Å². The second-order valence-corrected chi connectivity index (χ2v) is 4.92. The third kappa shape index (κ3) is 2.93. The quantitative estimate of drug-likeness (QED) is 0.569. The third-order valence-corrected chi connectivity index (χ3v) is 2.41. The number of urea groups is 1. The van der Waals surface area contributed by atoms with Gasteiger partial charge < -0.3 is 4.90 Å². The highest BCUT2D eigenvalue weighted by Gasteiger charge is 2.14. The molecule has 0 N–H and O–H groups in total. The summed E-state index contributed by atoms with van der Waals surface area (Å²) in [5.74, 6) is 0. The van der Waals surface area contributed by atoms with E-state index < -0.39 is 0 Å². The molecule has 2 amide bonds. The molecule has 3 nitrogen and oxygen atoms in total. The molecule has 0 saturated carbocycles. The Morgan fingerprint density at radius 2 is 1.83 bits per heavy atom. The van der Waals surface area contributed by atoms with E-state index in [1.54, 1.807) is 0 Å². The van der Waals surface area contributed by atoms with Gasteiger partial charge in [-0.25, -0.2) is 4.79 Å². The first-order chi connectivity index (χ1) is 5.70. The fourth-order valence-corrected chi connectivity index (χ4v) is 1.73. The van der Waals surface area contributed by atoms with E-state index in [1.807, 2.05) is 17.4 Å². The number of piperidine rings is 1. The Morgan fingerprint density at radius 1 is 1.25 bits per heavy atom. The zero-order chi connectivity index (χ0) is 8.97. The molecule has 0 atom stereocenters. The molecule has 4 heteroatoms. The van der Waals surface area contributed by atoms with Crippen LogP contribution in [0.5, 0.6) is 0 Å². The Bertz CT molecular complexity index is 193. The maximum Gasteiger partial charge on any atom is 0.349 e. The van der Waals surface area contributed by atoms with Gasteiger partial charge in [0.1, 0.15) is 0 Å². The number of carbonyl (C=O) groups excluding carboxylic acids is 1. The van der Waals surface area contributed by atoms with Crippen LogP contribution in [0.15, 0.2) is 4.36 Å². The van der Waals surface area contributed by atoms with Gasteiger partial charge in [-0.15, -0.1) is 0 Å². The van der Waals surface area contributed by atoms with Crippen molar-refractivity contribution < 1.29 is 4.79 Å². The molecule has 1 aliphatic heterocycles. The summed E-state index contributed by atoms with van der Waals surface area (Å²) in [7, 11) is -0.114. The Labute approximate surface area is 76.2 Å². The van der Waals surface area contributed by atoms with E-state index in [2.05, 4.69) is 4.36 Å². The van der Waals surface area contributed by atoms with Gasteiger partial charge in [-0.1, -0.05) is 10.7 Å². The van der Waals surface area contributed by atoms with Crippen LogP contribution in [0.3, 0.4) is 0 Å². The van der Waals surface area contributed by atoms with Gasteiger partial charge in [0.05, 0.1) is 0 Å². The van der Waals surface area contributed by atoms with Gasteiger partial charge in [0.15, 0.2) is 0 Å². The van der Waals surface area contributed by atoms with Crippen LogP contribution in [0.25, 0.3) is 0 Å². The average Bonchev–Trinajstić information content (AvgIpc) is 2.05. The minimum Gasteiger partial charge on any atom is -0.322 e. The van der Waals surface area contributed by atoms with Gasteiger partial charge >= 0.3 is 6.03 Å². The van der Waals surface area contributed by atoms with Crippen molar-refractivity contribution in [3.63, 3.8) is 0 Å². The molecule has 0 aromatic carbocycles. The second-order valence-electron chi connectivity index (χ2n) is 3.19. The van der Waals surface area contributed by atoms with Crippen molar-refractivity contribution in [1.29, 1.82) is 0 Å². The van der Waals surface area contributed by atoms with E-state index in [0.717, 1.165) is 25.9 Å². The highest BCUT2D eigenvalue weighted by atomic mass is 32.2. The van der Waals surface area contributed by atoms with Gasteiger partial charge in [-0.05, 0) is 31.8 Å². The molecule has 1 fully saturated rings. The Kier molecular flexibility index (Phi) is 3.72. The molecule has 1 rings (SSSR count). The monoisotopic (exact) mass is 188 g/mol. The van der Waals surface area contributed by atoms with Crippen LogP contribution in [-0.4, -0.2) is 36.5 Å². The van der Waals surface area contributed by atoms with Crippen LogP contribution in [-0.2, 0) is 10.7 Å². The SMILES string of the molecule is CS(C)=NC(=O)N1CCCCC1. The third-order valence-electron chi connectivity index (χ3n) is 1.89. The minimum absolute atomic E-state index is 0.0111. The summed E-state index contributed by atoms with van der Waals surface area (Å²) in [4.78, 5) is 13.2. The van der Waals surface area contributed by atoms with Crippen molar-refractivity contribution in [3.05, 3.63) is 0 Å². The molecule has 12 heavy (non-hydrogen) atoms. The zero-order valence-corrected chi connectivity index (χ0v) is 8.56. The van der Waals surface area contributed by atoms with Crippen LogP contribution < -0.4 is 0 Å². The molecular weight excluding hydrogens is 172 g/mol. The summed E-state index contributed by atoms with van der Waals surface area (Å²) in [6.45, 7) is 1.80. The predicted molar refractivity (Wildman–Crippen MR) is 52.5 cm³/mol. The van der Waals surface area contributed by atoms with Crippen molar-refractivity contribution in [2.75, 3.05) is 25.6 Å². The first-order valence-corrected chi connectivity index (χ1v) is 6.28. The summed E-state index contributed by atoms with van der Waals surface area (Å²) < 4.78 is 4.02. The summed E-state index contributed by atoms with van der Waals surface area (Å²) in [6, 6.07) is -0.0111. The Hall–Kier alpha value is -0.380. The largest absolute Gasteiger partial charge is 0.349 e. The average molecular weight is 188 g/mol. The topological polar surface area (TPSA) is 32.7 Å². The molecular formula is C8H16N2OS. The van der Waals surface area contributed by atoms with E-state index in [4.69, 9.17) is 0 Å². The maximum atomic E-state index is 11.4. The van der Waals surface area contributed by atoms with Gasteiger partial charge in [0, 0.05) is 13.1 Å². The predicted octanol–water partition coefficient (Wildman–Crippen LogP) is 1.65. The normalized spacial score (nSPS) is 18.1. The van der Waals surface area contributed by atoms with Crippen LogP contribution in [0.1, 0.15) is 19.3 Å². The smallest absolute Gasteiger partial charge is 0.322 e. The standard InChI is InChI=1S/C8H16N2OS/c1-12(2)9-8(11)10-6-4-3-5-7-10/h3-7H2,1-2H3. The van der Waals surface area contributed by atoms with Gasteiger partial charge in [0.2, 0.25) is 0 Å². The fourth-order valence-electron chi connectivity index (χ4n) is 1.30. The number of nitrogens with zero attached hydrogens (tertiary/aromatic N) is 2. The van der Waals surface area contributed by atoms with Crippen LogP contribution in [0.4, 0.5) is 4.79 Å². The number of hydrogen-bond acceptors (Lipinski definition) is 1. The van der Waals surface area contributed by atoms with Crippen molar-refractivity contribution in [1.82, 2.24) is 4.90 Å². The van der Waals surface area contributed by atoms with Crippen molar-refractivity contribution in [2.45, 2.75) is 19.3 Å². The molecule has 1 aliphatic rings. The number of likely N-dealkylation sites (tertiary alicyclic amines) is 1. The first-order valence-electron chi connectivity index (χ1n) is 4.28. The number of carbonyl (C=O) groups is 1. The molecule has 70 valence electrons. The Balaban J connectivity index is 2.45. The van der Waals surface area contributed by atoms with E-state index >= 15 is 0 Å². The lowest BCUT2D eigenvalue weighted by Crippen LogP contribution is -2.33. The highest BCUT2D eigenvalue weighted by Crippen LogP contribution is 2.09. The minimum atomic E-state index is -0.114. The molecule has 0 aromatic heterocycles. The van der Waals surface area contributed by atoms with Crippen LogP contribution in [0.2, 0.25) is 0 Å². The zero-order valence-electron chi connectivity index (χ0n) is 7.75. The van der Waals surface area contributed by atoms with Gasteiger partial charge in [-0.3, -0.25) is 0 Å². The first kappa shape index (κ1) is 9.71. The lowest BCUT2D eigenvalue weighted by molar-refractivity contribution is 0.197. The summed E-state index contributed by atoms with van der Waals surface area (Å²) in [6.07, 6.45) is 7.46. The second kappa shape index (κ2) is 4.60. The van der Waals surface area contributed by atoms with Crippen LogP contribution >= 0.6 is 0 Å². The summed E-state index contributed by atoms with van der Waals surface area (Å²) in [5.41, 5.74) is 0. The lowest BCUT2D eigenvalue weighted by atomic mass is 10.1. The van der Waals surface area contributed by atoms with E-state index in [9.17, 15) is 4.79 Å². The fraction of sp³-hybridized carbons (Fsp3) is 0.875. The van der Waals surface area contributed by atoms with Gasteiger partial charge in [0.25, 0.3) is 0 Å². The van der Waals surface area contributed by atoms with Crippen LogP contribution in [0, 0.1) is 0 Å². The van der Waals surface area contributed by atoms with E-state index in [0.29, 0.717) is 0 Å². The highest BCUT2D eigenvalue weighted by molar-refractivity contribution is 7.86. The maximum absolute atomic E-state index is 11.4. The molecule has 0 bridgehead atoms. The molecule has 1 heterocycles. The summed E-state index contributed by atoms with van der Waals surface area (Å²) in [5, 5.41) is 0.